The molecule has 0 aliphatic carbocycles. The van der Waals surface area contributed by atoms with Gasteiger partial charge >= 0.3 is 0 Å². The van der Waals surface area contributed by atoms with E-state index < -0.39 is 0 Å². The molecule has 1 aliphatic rings. The van der Waals surface area contributed by atoms with Crippen LogP contribution in [0, 0.1) is 0 Å². The van der Waals surface area contributed by atoms with Crippen LogP contribution in [0.5, 0.6) is 5.75 Å². The van der Waals surface area contributed by atoms with Crippen LogP contribution in [-0.4, -0.2) is 34.8 Å². The van der Waals surface area contributed by atoms with E-state index in [-0.39, 0.29) is 0 Å². The van der Waals surface area contributed by atoms with Crippen molar-refractivity contribution in [1.82, 2.24) is 19.9 Å². The smallest absolute Gasteiger partial charge is 0.247 e. The summed E-state index contributed by atoms with van der Waals surface area (Å²) in [6.07, 6.45) is 3.99. The van der Waals surface area contributed by atoms with Crippen LogP contribution in [0.3, 0.4) is 0 Å². The van der Waals surface area contributed by atoms with Crippen LogP contribution in [0.4, 0.5) is 11.6 Å². The molecule has 0 radical (unpaired) electrons. The van der Waals surface area contributed by atoms with Crippen molar-refractivity contribution in [3.8, 4) is 16.9 Å². The van der Waals surface area contributed by atoms with E-state index in [4.69, 9.17) is 21.3 Å². The number of pyridine rings is 1. The summed E-state index contributed by atoms with van der Waals surface area (Å²) in [7, 11) is 1.64. The summed E-state index contributed by atoms with van der Waals surface area (Å²) in [5.41, 5.74) is 6.38. The second-order valence-corrected chi connectivity index (χ2v) is 7.76. The number of fused-ring (bicyclic) bond motifs is 2. The number of benzene rings is 2. The van der Waals surface area contributed by atoms with E-state index >= 15 is 0 Å². The van der Waals surface area contributed by atoms with Crippen molar-refractivity contribution in [3.05, 3.63) is 70.9 Å². The Hall–Kier alpha value is -3.09. The lowest BCUT2D eigenvalue weighted by atomic mass is 10.0. The van der Waals surface area contributed by atoms with Gasteiger partial charge in [0, 0.05) is 28.0 Å². The van der Waals surface area contributed by atoms with Crippen LogP contribution in [0.2, 0.25) is 5.02 Å². The lowest BCUT2D eigenvalue weighted by molar-refractivity contribution is 0.416. The number of ether oxygens (including phenoxy) is 1. The normalized spacial score (nSPS) is 13.7. The van der Waals surface area contributed by atoms with Crippen molar-refractivity contribution in [2.75, 3.05) is 25.5 Å². The molecule has 6 nitrogen and oxygen atoms in total. The highest BCUT2D eigenvalue weighted by molar-refractivity contribution is 6.30. The molecule has 152 valence electrons. The maximum atomic E-state index is 6.13. The molecule has 0 spiro atoms. The molecule has 0 amide bonds. The van der Waals surface area contributed by atoms with Gasteiger partial charge in [-0.1, -0.05) is 17.7 Å². The number of aromatic nitrogens is 3. The SMILES string of the molecule is COc1cc(Cl)ccc1-c1cccn2nc(Nc3ccc4c(c3)CCNCC4)nc12. The van der Waals surface area contributed by atoms with Crippen LogP contribution in [0.15, 0.2) is 54.7 Å². The van der Waals surface area contributed by atoms with Crippen molar-refractivity contribution in [1.29, 1.82) is 0 Å². The monoisotopic (exact) mass is 419 g/mol. The molecule has 0 fully saturated rings. The van der Waals surface area contributed by atoms with E-state index in [2.05, 4.69) is 33.9 Å². The average molecular weight is 420 g/mol. The predicted octanol–water partition coefficient (Wildman–Crippen LogP) is 4.49. The summed E-state index contributed by atoms with van der Waals surface area (Å²) >= 11 is 6.13. The number of anilines is 2. The van der Waals surface area contributed by atoms with E-state index in [1.807, 2.05) is 30.5 Å². The third-order valence-electron chi connectivity index (χ3n) is 5.42. The second kappa shape index (κ2) is 7.97. The molecule has 2 aromatic carbocycles. The fourth-order valence-electron chi connectivity index (χ4n) is 3.94. The molecule has 0 saturated heterocycles. The van der Waals surface area contributed by atoms with Gasteiger partial charge in [0.2, 0.25) is 5.95 Å². The van der Waals surface area contributed by atoms with E-state index in [0.29, 0.717) is 16.7 Å². The Morgan fingerprint density at radius 3 is 2.77 bits per heavy atom. The molecule has 0 unspecified atom stereocenters. The number of methoxy groups -OCH3 is 1. The van der Waals surface area contributed by atoms with Gasteiger partial charge < -0.3 is 15.4 Å². The summed E-state index contributed by atoms with van der Waals surface area (Å²) in [4.78, 5) is 4.75. The Bertz CT molecular complexity index is 1220. The lowest BCUT2D eigenvalue weighted by Crippen LogP contribution is -2.16. The standard InChI is InChI=1S/C23H22ClN5O/c1-30-21-14-17(24)5-7-19(21)20-3-2-12-29-22(20)27-23(28-29)26-18-6-4-15-8-10-25-11-9-16(15)13-18/h2-7,12-14,25H,8-11H2,1H3,(H,26,28). The number of hydrogen-bond donors (Lipinski definition) is 2. The summed E-state index contributed by atoms with van der Waals surface area (Å²) in [6, 6.07) is 16.1. The highest BCUT2D eigenvalue weighted by Gasteiger charge is 2.14. The van der Waals surface area contributed by atoms with Gasteiger partial charge in [-0.3, -0.25) is 0 Å². The zero-order chi connectivity index (χ0) is 20.5. The Morgan fingerprint density at radius 2 is 1.90 bits per heavy atom. The van der Waals surface area contributed by atoms with Gasteiger partial charge in [-0.15, -0.1) is 5.10 Å². The van der Waals surface area contributed by atoms with Gasteiger partial charge in [-0.25, -0.2) is 4.52 Å². The molecule has 0 saturated carbocycles. The summed E-state index contributed by atoms with van der Waals surface area (Å²) < 4.78 is 7.31. The van der Waals surface area contributed by atoms with Crippen molar-refractivity contribution >= 4 is 28.9 Å². The van der Waals surface area contributed by atoms with E-state index in [0.717, 1.165) is 48.4 Å². The molecule has 2 aromatic heterocycles. The lowest BCUT2D eigenvalue weighted by Gasteiger charge is -2.09. The Balaban J connectivity index is 1.51. The zero-order valence-electron chi connectivity index (χ0n) is 16.7. The van der Waals surface area contributed by atoms with Crippen molar-refractivity contribution in [2.24, 2.45) is 0 Å². The third kappa shape index (κ3) is 3.60. The number of nitrogens with zero attached hydrogens (tertiary/aromatic N) is 3. The summed E-state index contributed by atoms with van der Waals surface area (Å²) in [5.74, 6) is 1.26. The van der Waals surface area contributed by atoms with E-state index in [1.54, 1.807) is 17.7 Å². The van der Waals surface area contributed by atoms with E-state index in [9.17, 15) is 0 Å². The molecule has 5 rings (SSSR count). The molecule has 7 heteroatoms. The van der Waals surface area contributed by atoms with Crippen LogP contribution in [0.25, 0.3) is 16.8 Å². The van der Waals surface area contributed by atoms with Gasteiger partial charge in [0.1, 0.15) is 5.75 Å². The topological polar surface area (TPSA) is 63.5 Å². The highest BCUT2D eigenvalue weighted by Crippen LogP contribution is 2.34. The fraction of sp³-hybridized carbons (Fsp3) is 0.217. The number of nitrogens with one attached hydrogen (secondary N) is 2. The Morgan fingerprint density at radius 1 is 1.03 bits per heavy atom. The van der Waals surface area contributed by atoms with Gasteiger partial charge in [-0.2, -0.15) is 4.98 Å². The maximum absolute atomic E-state index is 6.13. The van der Waals surface area contributed by atoms with E-state index in [1.165, 1.54) is 11.1 Å². The largest absolute Gasteiger partial charge is 0.496 e. The van der Waals surface area contributed by atoms with Crippen molar-refractivity contribution in [3.63, 3.8) is 0 Å². The summed E-state index contributed by atoms with van der Waals surface area (Å²) in [5, 5.41) is 12.1. The molecular weight excluding hydrogens is 398 g/mol. The maximum Gasteiger partial charge on any atom is 0.247 e. The summed E-state index contributed by atoms with van der Waals surface area (Å²) in [6.45, 7) is 2.04. The predicted molar refractivity (Wildman–Crippen MR) is 120 cm³/mol. The van der Waals surface area contributed by atoms with Gasteiger partial charge in [-0.05, 0) is 79.5 Å². The molecule has 3 heterocycles. The zero-order valence-corrected chi connectivity index (χ0v) is 17.4. The average Bonchev–Trinajstić information content (AvgIpc) is 3.02. The Kier molecular flexibility index (Phi) is 5.02. The molecule has 30 heavy (non-hydrogen) atoms. The van der Waals surface area contributed by atoms with Crippen molar-refractivity contribution < 1.29 is 4.74 Å². The second-order valence-electron chi connectivity index (χ2n) is 7.33. The molecule has 4 aromatic rings. The minimum Gasteiger partial charge on any atom is -0.496 e. The van der Waals surface area contributed by atoms with Crippen LogP contribution < -0.4 is 15.4 Å². The molecule has 2 N–H and O–H groups in total. The quantitative estimate of drug-likeness (QED) is 0.510. The molecule has 1 aliphatic heterocycles. The first-order valence-electron chi connectivity index (χ1n) is 10.00. The van der Waals surface area contributed by atoms with Crippen molar-refractivity contribution in [2.45, 2.75) is 12.8 Å². The minimum atomic E-state index is 0.557. The van der Waals surface area contributed by atoms with Gasteiger partial charge in [0.05, 0.1) is 7.11 Å². The third-order valence-corrected chi connectivity index (χ3v) is 5.66. The first kappa shape index (κ1) is 18.9. The highest BCUT2D eigenvalue weighted by atomic mass is 35.5. The first-order chi connectivity index (χ1) is 14.7. The van der Waals surface area contributed by atoms with Gasteiger partial charge in [0.25, 0.3) is 0 Å². The molecule has 0 atom stereocenters. The minimum absolute atomic E-state index is 0.557. The van der Waals surface area contributed by atoms with Crippen LogP contribution >= 0.6 is 11.6 Å². The Labute approximate surface area is 179 Å². The molecule has 0 bridgehead atoms. The van der Waals surface area contributed by atoms with Crippen LogP contribution in [0.1, 0.15) is 11.1 Å². The first-order valence-corrected chi connectivity index (χ1v) is 10.4. The van der Waals surface area contributed by atoms with Crippen LogP contribution in [-0.2, 0) is 12.8 Å². The number of hydrogen-bond acceptors (Lipinski definition) is 5. The number of halogens is 1. The number of rotatable bonds is 4. The molecular formula is C23H22ClN5O. The van der Waals surface area contributed by atoms with Gasteiger partial charge in [0.15, 0.2) is 5.65 Å². The fourth-order valence-corrected chi connectivity index (χ4v) is 4.10.